The Labute approximate surface area is 118 Å². The predicted octanol–water partition coefficient (Wildman–Crippen LogP) is 2.85. The Morgan fingerprint density at radius 2 is 2.05 bits per heavy atom. The van der Waals surface area contributed by atoms with Crippen LogP contribution in [0.4, 0.5) is 9.39 Å². The lowest BCUT2D eigenvalue weighted by atomic mass is 10.1. The van der Waals surface area contributed by atoms with Gasteiger partial charge in [0.25, 0.3) is 5.91 Å². The number of aryl methyl sites for hydroxylation is 2. The summed E-state index contributed by atoms with van der Waals surface area (Å²) in [6.45, 7) is 3.13. The van der Waals surface area contributed by atoms with Crippen molar-refractivity contribution in [3.63, 3.8) is 0 Å². The van der Waals surface area contributed by atoms with Gasteiger partial charge in [0.1, 0.15) is 16.4 Å². The highest BCUT2D eigenvalue weighted by Crippen LogP contribution is 2.25. The van der Waals surface area contributed by atoms with Crippen molar-refractivity contribution < 1.29 is 19.1 Å². The van der Waals surface area contributed by atoms with Crippen molar-refractivity contribution in [2.24, 2.45) is 0 Å². The minimum Gasteiger partial charge on any atom is -0.478 e. The van der Waals surface area contributed by atoms with Crippen molar-refractivity contribution in [1.29, 1.82) is 0 Å². The van der Waals surface area contributed by atoms with Crippen molar-refractivity contribution in [2.75, 3.05) is 5.32 Å². The lowest BCUT2D eigenvalue weighted by molar-refractivity contribution is 0.0697. The molecule has 0 atom stereocenters. The molecule has 1 aromatic heterocycles. The van der Waals surface area contributed by atoms with Crippen LogP contribution in [0, 0.1) is 19.7 Å². The highest BCUT2D eigenvalue weighted by Gasteiger charge is 2.20. The van der Waals surface area contributed by atoms with Gasteiger partial charge < -0.3 is 10.4 Å². The van der Waals surface area contributed by atoms with Gasteiger partial charge in [0.05, 0.1) is 5.69 Å². The van der Waals surface area contributed by atoms with Crippen LogP contribution < -0.4 is 5.32 Å². The molecule has 7 heteroatoms. The first kappa shape index (κ1) is 14.1. The van der Waals surface area contributed by atoms with Crippen LogP contribution in [0.15, 0.2) is 18.2 Å². The van der Waals surface area contributed by atoms with E-state index >= 15 is 0 Å². The third-order valence-corrected chi connectivity index (χ3v) is 3.59. The summed E-state index contributed by atoms with van der Waals surface area (Å²) in [7, 11) is 0. The molecule has 1 heterocycles. The molecule has 0 unspecified atom stereocenters. The Bertz CT molecular complexity index is 697. The summed E-state index contributed by atoms with van der Waals surface area (Å²) >= 11 is 0.878. The van der Waals surface area contributed by atoms with Gasteiger partial charge in [-0.3, -0.25) is 4.79 Å². The Kier molecular flexibility index (Phi) is 3.80. The van der Waals surface area contributed by atoms with Crippen LogP contribution in [-0.4, -0.2) is 21.4 Å². The lowest BCUT2D eigenvalue weighted by Crippen LogP contribution is -2.14. The third-order valence-electron chi connectivity index (χ3n) is 2.74. The minimum atomic E-state index is -1.17. The van der Waals surface area contributed by atoms with Gasteiger partial charge in [-0.15, -0.1) is 0 Å². The number of hydrogen-bond acceptors (Lipinski definition) is 4. The predicted molar refractivity (Wildman–Crippen MR) is 72.9 cm³/mol. The number of carboxylic acids is 1. The number of halogens is 1. The van der Waals surface area contributed by atoms with E-state index < -0.39 is 17.7 Å². The average Bonchev–Trinajstić information content (AvgIpc) is 2.73. The number of carbonyl (C=O) groups excluding carboxylic acids is 1. The van der Waals surface area contributed by atoms with E-state index in [1.54, 1.807) is 13.8 Å². The van der Waals surface area contributed by atoms with E-state index in [0.717, 1.165) is 17.6 Å². The van der Waals surface area contributed by atoms with Crippen molar-refractivity contribution in [2.45, 2.75) is 13.8 Å². The number of anilines is 1. The number of carboxylic acid groups (broad SMARTS) is 1. The number of nitrogens with zero attached hydrogens (tertiary/aromatic N) is 1. The molecule has 0 aliphatic carbocycles. The zero-order valence-electron chi connectivity index (χ0n) is 10.7. The number of amides is 1. The molecule has 2 rings (SSSR count). The maximum Gasteiger partial charge on any atom is 0.340 e. The number of nitrogens with one attached hydrogen (secondary N) is 1. The molecule has 1 amide bonds. The van der Waals surface area contributed by atoms with E-state index in [-0.39, 0.29) is 16.1 Å². The van der Waals surface area contributed by atoms with Gasteiger partial charge in [-0.2, -0.15) is 4.37 Å². The Hall–Kier alpha value is -2.28. The van der Waals surface area contributed by atoms with Crippen molar-refractivity contribution in [3.8, 4) is 0 Å². The fraction of sp³-hybridized carbons (Fsp3) is 0.154. The third kappa shape index (κ3) is 2.67. The summed E-state index contributed by atoms with van der Waals surface area (Å²) in [6.07, 6.45) is 0. The van der Waals surface area contributed by atoms with Crippen LogP contribution in [0.1, 0.15) is 32.0 Å². The molecule has 2 N–H and O–H groups in total. The van der Waals surface area contributed by atoms with Crippen LogP contribution in [-0.2, 0) is 0 Å². The van der Waals surface area contributed by atoms with Gasteiger partial charge in [0.15, 0.2) is 0 Å². The van der Waals surface area contributed by atoms with E-state index in [4.69, 9.17) is 5.11 Å². The molecule has 0 saturated heterocycles. The second-order valence-electron chi connectivity index (χ2n) is 4.20. The van der Waals surface area contributed by atoms with Gasteiger partial charge in [0, 0.05) is 5.56 Å². The SMILES string of the molecule is Cc1ccc(C(=O)Nc2snc(C)c2C(=O)O)cc1F. The van der Waals surface area contributed by atoms with Gasteiger partial charge >= 0.3 is 5.97 Å². The molecule has 20 heavy (non-hydrogen) atoms. The Morgan fingerprint density at radius 1 is 1.35 bits per heavy atom. The van der Waals surface area contributed by atoms with Gasteiger partial charge in [-0.1, -0.05) is 6.07 Å². The molecule has 0 radical (unpaired) electrons. The standard InChI is InChI=1S/C13H11FN2O3S/c1-6-3-4-8(5-9(6)14)11(17)15-12-10(13(18)19)7(2)16-20-12/h3-5H,1-2H3,(H,15,17)(H,18,19). The van der Waals surface area contributed by atoms with Crippen LogP contribution >= 0.6 is 11.5 Å². The summed E-state index contributed by atoms with van der Waals surface area (Å²) < 4.78 is 17.3. The van der Waals surface area contributed by atoms with Crippen LogP contribution in [0.3, 0.4) is 0 Å². The summed E-state index contributed by atoms with van der Waals surface area (Å²) in [5, 5.41) is 11.6. The van der Waals surface area contributed by atoms with Crippen LogP contribution in [0.2, 0.25) is 0 Å². The van der Waals surface area contributed by atoms with Crippen molar-refractivity contribution in [3.05, 3.63) is 46.4 Å². The molecule has 1 aromatic carbocycles. The van der Waals surface area contributed by atoms with Crippen molar-refractivity contribution >= 4 is 28.4 Å². The van der Waals surface area contributed by atoms with Crippen LogP contribution in [0.5, 0.6) is 0 Å². The minimum absolute atomic E-state index is 0.0454. The van der Waals surface area contributed by atoms with Crippen molar-refractivity contribution in [1.82, 2.24) is 4.37 Å². The van der Waals surface area contributed by atoms with Crippen LogP contribution in [0.25, 0.3) is 0 Å². The molecule has 2 aromatic rings. The highest BCUT2D eigenvalue weighted by molar-refractivity contribution is 7.11. The quantitative estimate of drug-likeness (QED) is 0.912. The molecule has 0 aliphatic rings. The summed E-state index contributed by atoms with van der Waals surface area (Å²) in [4.78, 5) is 23.0. The second kappa shape index (κ2) is 5.38. The molecular formula is C13H11FN2O3S. The summed E-state index contributed by atoms with van der Waals surface area (Å²) in [5.41, 5.74) is 0.834. The largest absolute Gasteiger partial charge is 0.478 e. The zero-order chi connectivity index (χ0) is 14.9. The smallest absolute Gasteiger partial charge is 0.340 e. The van der Waals surface area contributed by atoms with Gasteiger partial charge in [-0.05, 0) is 43.1 Å². The second-order valence-corrected chi connectivity index (χ2v) is 4.97. The van der Waals surface area contributed by atoms with Gasteiger partial charge in [0.2, 0.25) is 0 Å². The zero-order valence-corrected chi connectivity index (χ0v) is 11.5. The first-order valence-corrected chi connectivity index (χ1v) is 6.44. The van der Waals surface area contributed by atoms with E-state index in [1.807, 2.05) is 0 Å². The number of carbonyl (C=O) groups is 2. The topological polar surface area (TPSA) is 79.3 Å². The van der Waals surface area contributed by atoms with E-state index in [2.05, 4.69) is 9.69 Å². The number of hydrogen-bond donors (Lipinski definition) is 2. The summed E-state index contributed by atoms with van der Waals surface area (Å²) in [6, 6.07) is 4.07. The monoisotopic (exact) mass is 294 g/mol. The van der Waals surface area contributed by atoms with E-state index in [0.29, 0.717) is 11.3 Å². The first-order chi connectivity index (χ1) is 9.40. The molecule has 0 fully saturated rings. The average molecular weight is 294 g/mol. The number of rotatable bonds is 3. The molecule has 0 bridgehead atoms. The fourth-order valence-electron chi connectivity index (χ4n) is 1.62. The molecule has 0 aliphatic heterocycles. The molecule has 5 nitrogen and oxygen atoms in total. The summed E-state index contributed by atoms with van der Waals surface area (Å²) in [5.74, 6) is -2.23. The molecular weight excluding hydrogens is 283 g/mol. The van der Waals surface area contributed by atoms with E-state index in [1.165, 1.54) is 12.1 Å². The molecule has 0 saturated carbocycles. The maximum atomic E-state index is 13.4. The first-order valence-electron chi connectivity index (χ1n) is 5.67. The molecule has 104 valence electrons. The number of benzene rings is 1. The Morgan fingerprint density at radius 3 is 2.65 bits per heavy atom. The Balaban J connectivity index is 2.28. The normalized spacial score (nSPS) is 10.3. The number of aromatic carboxylic acids is 1. The molecule has 0 spiro atoms. The lowest BCUT2D eigenvalue weighted by Gasteiger charge is -2.05. The highest BCUT2D eigenvalue weighted by atomic mass is 32.1. The van der Waals surface area contributed by atoms with Gasteiger partial charge in [-0.25, -0.2) is 9.18 Å². The van der Waals surface area contributed by atoms with E-state index in [9.17, 15) is 14.0 Å². The number of aromatic nitrogens is 1. The maximum absolute atomic E-state index is 13.4. The fourth-order valence-corrected chi connectivity index (χ4v) is 2.40.